The van der Waals surface area contributed by atoms with Gasteiger partial charge in [-0.2, -0.15) is 0 Å². The quantitative estimate of drug-likeness (QED) is 0.286. The fourth-order valence-corrected chi connectivity index (χ4v) is 6.07. The molecule has 1 atom stereocenters. The predicted molar refractivity (Wildman–Crippen MR) is 175 cm³/mol. The maximum atomic E-state index is 13.3. The molecule has 2 amide bonds. The number of likely N-dealkylation sites (tertiary alicyclic amines) is 1. The molecule has 0 aromatic heterocycles. The SMILES string of the molecule is CCN1CCCCC1CCOc1ccc(NC(=O)c2ccc(N3CCN(C)CC3)c(NC(=O)c3cccc(Cl)c3)c2)cc1. The maximum Gasteiger partial charge on any atom is 0.255 e. The van der Waals surface area contributed by atoms with Gasteiger partial charge in [0, 0.05) is 54.1 Å². The molecule has 2 heterocycles. The molecule has 2 N–H and O–H groups in total. The normalized spacial score (nSPS) is 17.8. The lowest BCUT2D eigenvalue weighted by atomic mass is 10.00. The molecule has 0 radical (unpaired) electrons. The summed E-state index contributed by atoms with van der Waals surface area (Å²) in [5.74, 6) is 0.255. The van der Waals surface area contributed by atoms with Gasteiger partial charge in [0.2, 0.25) is 0 Å². The zero-order valence-electron chi connectivity index (χ0n) is 25.2. The van der Waals surface area contributed by atoms with Crippen LogP contribution in [0.25, 0.3) is 0 Å². The maximum absolute atomic E-state index is 13.3. The Balaban J connectivity index is 1.24. The van der Waals surface area contributed by atoms with Crippen LogP contribution in [-0.4, -0.2) is 80.6 Å². The van der Waals surface area contributed by atoms with E-state index in [9.17, 15) is 9.59 Å². The van der Waals surface area contributed by atoms with Crippen molar-refractivity contribution < 1.29 is 14.3 Å². The average molecular weight is 604 g/mol. The van der Waals surface area contributed by atoms with E-state index in [0.717, 1.165) is 50.6 Å². The summed E-state index contributed by atoms with van der Waals surface area (Å²) < 4.78 is 6.02. The first kappa shape index (κ1) is 30.9. The summed E-state index contributed by atoms with van der Waals surface area (Å²) in [5.41, 5.74) is 3.06. The van der Waals surface area contributed by atoms with Gasteiger partial charge in [0.1, 0.15) is 5.75 Å². The summed E-state index contributed by atoms with van der Waals surface area (Å²) in [4.78, 5) is 33.5. The number of piperidine rings is 1. The van der Waals surface area contributed by atoms with E-state index in [1.807, 2.05) is 30.3 Å². The topological polar surface area (TPSA) is 77.2 Å². The molecule has 3 aromatic carbocycles. The third kappa shape index (κ3) is 8.28. The van der Waals surface area contributed by atoms with Crippen molar-refractivity contribution in [2.45, 2.75) is 38.6 Å². The van der Waals surface area contributed by atoms with Crippen LogP contribution in [0.15, 0.2) is 66.7 Å². The van der Waals surface area contributed by atoms with Gasteiger partial charge in [-0.3, -0.25) is 9.59 Å². The smallest absolute Gasteiger partial charge is 0.255 e. The molecule has 3 aromatic rings. The number of anilines is 3. The third-order valence-electron chi connectivity index (χ3n) is 8.42. The van der Waals surface area contributed by atoms with Gasteiger partial charge in [-0.1, -0.05) is 31.0 Å². The first-order valence-corrected chi connectivity index (χ1v) is 15.7. The van der Waals surface area contributed by atoms with Gasteiger partial charge in [0.05, 0.1) is 18.0 Å². The van der Waals surface area contributed by atoms with Crippen molar-refractivity contribution in [2.24, 2.45) is 0 Å². The lowest BCUT2D eigenvalue weighted by Gasteiger charge is -2.35. The molecule has 9 heteroatoms. The summed E-state index contributed by atoms with van der Waals surface area (Å²) in [6.07, 6.45) is 4.85. The molecule has 1 unspecified atom stereocenters. The monoisotopic (exact) mass is 603 g/mol. The summed E-state index contributed by atoms with van der Waals surface area (Å²) in [7, 11) is 2.10. The minimum Gasteiger partial charge on any atom is -0.494 e. The van der Waals surface area contributed by atoms with Crippen LogP contribution in [-0.2, 0) is 0 Å². The minimum atomic E-state index is -0.281. The van der Waals surface area contributed by atoms with E-state index in [0.29, 0.717) is 40.2 Å². The summed E-state index contributed by atoms with van der Waals surface area (Å²) in [6.45, 7) is 8.67. The lowest BCUT2D eigenvalue weighted by molar-refractivity contribution is 0.101. The Kier molecular flexibility index (Phi) is 10.6. The molecule has 8 nitrogen and oxygen atoms in total. The molecule has 0 aliphatic carbocycles. The molecule has 0 spiro atoms. The Labute approximate surface area is 259 Å². The number of amides is 2. The third-order valence-corrected chi connectivity index (χ3v) is 8.66. The van der Waals surface area contributed by atoms with Crippen molar-refractivity contribution in [1.82, 2.24) is 9.80 Å². The largest absolute Gasteiger partial charge is 0.494 e. The number of hydrogen-bond acceptors (Lipinski definition) is 6. The Morgan fingerprint density at radius 3 is 2.37 bits per heavy atom. The zero-order chi connectivity index (χ0) is 30.2. The van der Waals surface area contributed by atoms with Gasteiger partial charge in [-0.25, -0.2) is 0 Å². The van der Waals surface area contributed by atoms with Crippen molar-refractivity contribution in [3.05, 3.63) is 82.9 Å². The fourth-order valence-electron chi connectivity index (χ4n) is 5.88. The minimum absolute atomic E-state index is 0.256. The van der Waals surface area contributed by atoms with Gasteiger partial charge in [0.25, 0.3) is 11.8 Å². The number of ether oxygens (including phenoxy) is 1. The van der Waals surface area contributed by atoms with Crippen LogP contribution in [0.3, 0.4) is 0 Å². The molecule has 228 valence electrons. The predicted octanol–water partition coefficient (Wildman–Crippen LogP) is 6.24. The first-order valence-electron chi connectivity index (χ1n) is 15.3. The van der Waals surface area contributed by atoms with Crippen LogP contribution in [0.5, 0.6) is 5.75 Å². The van der Waals surface area contributed by atoms with Gasteiger partial charge < -0.3 is 30.1 Å². The molecule has 0 saturated carbocycles. The molecule has 5 rings (SSSR count). The van der Waals surface area contributed by atoms with E-state index in [1.165, 1.54) is 25.8 Å². The molecule has 2 aliphatic rings. The van der Waals surface area contributed by atoms with Gasteiger partial charge >= 0.3 is 0 Å². The van der Waals surface area contributed by atoms with Gasteiger partial charge in [-0.15, -0.1) is 0 Å². The standard InChI is InChI=1S/C34H42ClN5O3/c1-3-39-17-5-4-9-29(39)16-22-43-30-13-11-28(12-14-30)36-33(41)26-10-15-32(40-20-18-38(2)19-21-40)31(24-26)37-34(42)25-7-6-8-27(35)23-25/h6-8,10-15,23-24,29H,3-5,9,16-22H2,1-2H3,(H,36,41)(H,37,42). The molecular weight excluding hydrogens is 562 g/mol. The van der Waals surface area contributed by atoms with Crippen LogP contribution < -0.4 is 20.3 Å². The number of nitrogens with one attached hydrogen (secondary N) is 2. The number of piperazine rings is 1. The molecule has 2 saturated heterocycles. The van der Waals surface area contributed by atoms with Crippen molar-refractivity contribution in [1.29, 1.82) is 0 Å². The highest BCUT2D eigenvalue weighted by atomic mass is 35.5. The number of rotatable bonds is 10. The number of hydrogen-bond donors (Lipinski definition) is 2. The van der Waals surface area contributed by atoms with E-state index in [1.54, 1.807) is 36.4 Å². The molecular formula is C34H42ClN5O3. The van der Waals surface area contributed by atoms with E-state index in [4.69, 9.17) is 16.3 Å². The number of benzene rings is 3. The van der Waals surface area contributed by atoms with Crippen molar-refractivity contribution >= 4 is 40.5 Å². The van der Waals surface area contributed by atoms with E-state index in [-0.39, 0.29) is 11.8 Å². The number of halogens is 1. The first-order chi connectivity index (χ1) is 20.9. The molecule has 43 heavy (non-hydrogen) atoms. The second-order valence-corrected chi connectivity index (χ2v) is 11.8. The van der Waals surface area contributed by atoms with Gasteiger partial charge in [-0.05, 0) is 100 Å². The van der Waals surface area contributed by atoms with Gasteiger partial charge in [0.15, 0.2) is 0 Å². The highest BCUT2D eigenvalue weighted by molar-refractivity contribution is 6.31. The number of likely N-dealkylation sites (N-methyl/N-ethyl adjacent to an activating group) is 1. The Morgan fingerprint density at radius 1 is 0.884 bits per heavy atom. The van der Waals surface area contributed by atoms with Crippen molar-refractivity contribution in [3.63, 3.8) is 0 Å². The second kappa shape index (κ2) is 14.7. The highest BCUT2D eigenvalue weighted by Crippen LogP contribution is 2.30. The summed E-state index contributed by atoms with van der Waals surface area (Å²) in [5, 5.41) is 6.50. The van der Waals surface area contributed by atoms with Crippen LogP contribution >= 0.6 is 11.6 Å². The molecule has 2 fully saturated rings. The van der Waals surface area contributed by atoms with Crippen molar-refractivity contribution in [2.75, 3.05) is 68.5 Å². The molecule has 0 bridgehead atoms. The van der Waals surface area contributed by atoms with E-state index >= 15 is 0 Å². The zero-order valence-corrected chi connectivity index (χ0v) is 25.9. The fraction of sp³-hybridized carbons (Fsp3) is 0.412. The van der Waals surface area contributed by atoms with E-state index in [2.05, 4.69) is 39.3 Å². The van der Waals surface area contributed by atoms with Crippen LogP contribution in [0.1, 0.15) is 53.3 Å². The van der Waals surface area contributed by atoms with Crippen LogP contribution in [0.2, 0.25) is 5.02 Å². The Hall–Kier alpha value is -3.59. The van der Waals surface area contributed by atoms with Crippen molar-refractivity contribution in [3.8, 4) is 5.75 Å². The number of nitrogens with zero attached hydrogens (tertiary/aromatic N) is 3. The second-order valence-electron chi connectivity index (χ2n) is 11.4. The average Bonchev–Trinajstić information content (AvgIpc) is 3.02. The number of carbonyl (C=O) groups excluding carboxylic acids is 2. The Bertz CT molecular complexity index is 1390. The molecule has 2 aliphatic heterocycles. The van der Waals surface area contributed by atoms with Crippen LogP contribution in [0.4, 0.5) is 17.1 Å². The highest BCUT2D eigenvalue weighted by Gasteiger charge is 2.22. The number of carbonyl (C=O) groups is 2. The Morgan fingerprint density at radius 2 is 1.63 bits per heavy atom. The van der Waals surface area contributed by atoms with E-state index < -0.39 is 0 Å². The van der Waals surface area contributed by atoms with Crippen LogP contribution in [0, 0.1) is 0 Å². The summed E-state index contributed by atoms with van der Waals surface area (Å²) >= 11 is 6.12. The summed E-state index contributed by atoms with van der Waals surface area (Å²) in [6, 6.07) is 20.4. The lowest BCUT2D eigenvalue weighted by Crippen LogP contribution is -2.44.